The van der Waals surface area contributed by atoms with E-state index < -0.39 is 18.2 Å². The minimum Gasteiger partial charge on any atom is -0.497 e. The van der Waals surface area contributed by atoms with E-state index in [-0.39, 0.29) is 25.4 Å². The predicted octanol–water partition coefficient (Wildman–Crippen LogP) is 1.99. The van der Waals surface area contributed by atoms with Crippen molar-refractivity contribution in [2.24, 2.45) is 0 Å². The van der Waals surface area contributed by atoms with Gasteiger partial charge in [0.15, 0.2) is 0 Å². The highest BCUT2D eigenvalue weighted by Gasteiger charge is 2.39. The van der Waals surface area contributed by atoms with E-state index in [1.165, 1.54) is 4.90 Å². The Kier molecular flexibility index (Phi) is 6.56. The predicted molar refractivity (Wildman–Crippen MR) is 108 cm³/mol. The summed E-state index contributed by atoms with van der Waals surface area (Å²) in [6, 6.07) is 13.1. The first-order valence-electron chi connectivity index (χ1n) is 9.31. The van der Waals surface area contributed by atoms with Crippen LogP contribution in [0.1, 0.15) is 12.0 Å². The number of likely N-dealkylation sites (tertiary alicyclic amines) is 1. The van der Waals surface area contributed by atoms with E-state index in [0.29, 0.717) is 17.2 Å². The molecule has 2 aromatic rings. The first-order chi connectivity index (χ1) is 14.0. The van der Waals surface area contributed by atoms with E-state index in [2.05, 4.69) is 10.6 Å². The van der Waals surface area contributed by atoms with Gasteiger partial charge in [-0.15, -0.1) is 0 Å². The Hall–Kier alpha value is -3.26. The molecular formula is C21H25N3O5. The Morgan fingerprint density at radius 3 is 2.59 bits per heavy atom. The van der Waals surface area contributed by atoms with Crippen LogP contribution in [0.4, 0.5) is 10.5 Å². The average molecular weight is 399 g/mol. The van der Waals surface area contributed by atoms with Crippen LogP contribution in [0, 0.1) is 0 Å². The lowest BCUT2D eigenvalue weighted by atomic mass is 10.1. The number of carbonyl (C=O) groups is 2. The maximum absolute atomic E-state index is 12.7. The van der Waals surface area contributed by atoms with Gasteiger partial charge in [0.2, 0.25) is 5.91 Å². The Morgan fingerprint density at radius 1 is 1.14 bits per heavy atom. The molecule has 29 heavy (non-hydrogen) atoms. The molecular weight excluding hydrogens is 374 g/mol. The summed E-state index contributed by atoms with van der Waals surface area (Å²) >= 11 is 0. The summed E-state index contributed by atoms with van der Waals surface area (Å²) in [6.07, 6.45) is -0.559. The molecule has 3 rings (SSSR count). The number of anilines is 1. The molecule has 0 bridgehead atoms. The van der Waals surface area contributed by atoms with Crippen LogP contribution in [-0.4, -0.2) is 54.9 Å². The minimum absolute atomic E-state index is 0.0998. The number of nitrogens with one attached hydrogen (secondary N) is 2. The van der Waals surface area contributed by atoms with E-state index in [0.717, 1.165) is 5.56 Å². The second-order valence-electron chi connectivity index (χ2n) is 6.75. The van der Waals surface area contributed by atoms with Crippen LogP contribution in [0.15, 0.2) is 48.5 Å². The highest BCUT2D eigenvalue weighted by Crippen LogP contribution is 2.25. The molecule has 1 heterocycles. The fourth-order valence-electron chi connectivity index (χ4n) is 3.30. The van der Waals surface area contributed by atoms with Crippen LogP contribution in [-0.2, 0) is 11.3 Å². The summed E-state index contributed by atoms with van der Waals surface area (Å²) in [6.45, 7) is 0.329. The van der Waals surface area contributed by atoms with Gasteiger partial charge in [0.25, 0.3) is 0 Å². The second kappa shape index (κ2) is 9.29. The maximum atomic E-state index is 12.7. The molecule has 0 unspecified atom stereocenters. The molecule has 1 fully saturated rings. The fraction of sp³-hybridized carbons (Fsp3) is 0.333. The number of rotatable bonds is 6. The van der Waals surface area contributed by atoms with Gasteiger partial charge < -0.3 is 30.1 Å². The quantitative estimate of drug-likeness (QED) is 0.690. The summed E-state index contributed by atoms with van der Waals surface area (Å²) in [4.78, 5) is 26.7. The third-order valence-corrected chi connectivity index (χ3v) is 4.81. The van der Waals surface area contributed by atoms with Gasteiger partial charge in [-0.1, -0.05) is 18.2 Å². The van der Waals surface area contributed by atoms with Crippen LogP contribution in [0.2, 0.25) is 0 Å². The van der Waals surface area contributed by atoms with Gasteiger partial charge in [-0.25, -0.2) is 4.79 Å². The summed E-state index contributed by atoms with van der Waals surface area (Å²) in [5.41, 5.74) is 1.40. The van der Waals surface area contributed by atoms with Crippen molar-refractivity contribution in [3.05, 3.63) is 54.1 Å². The summed E-state index contributed by atoms with van der Waals surface area (Å²) < 4.78 is 10.5. The highest BCUT2D eigenvalue weighted by molar-refractivity contribution is 5.94. The maximum Gasteiger partial charge on any atom is 0.322 e. The number of urea groups is 1. The number of methoxy groups -OCH3 is 2. The van der Waals surface area contributed by atoms with Crippen molar-refractivity contribution >= 4 is 17.6 Å². The molecule has 0 saturated carbocycles. The smallest absolute Gasteiger partial charge is 0.322 e. The van der Waals surface area contributed by atoms with E-state index in [9.17, 15) is 14.7 Å². The topological polar surface area (TPSA) is 100 Å². The number of aliphatic hydroxyl groups excluding tert-OH is 1. The van der Waals surface area contributed by atoms with Crippen molar-refractivity contribution in [1.29, 1.82) is 0 Å². The zero-order valence-electron chi connectivity index (χ0n) is 16.4. The van der Waals surface area contributed by atoms with Gasteiger partial charge in [-0.05, 0) is 24.3 Å². The first-order valence-corrected chi connectivity index (χ1v) is 9.31. The number of benzene rings is 2. The van der Waals surface area contributed by atoms with Crippen molar-refractivity contribution in [2.45, 2.75) is 25.1 Å². The van der Waals surface area contributed by atoms with E-state index >= 15 is 0 Å². The Morgan fingerprint density at radius 2 is 1.90 bits per heavy atom. The number of hydrogen-bond acceptors (Lipinski definition) is 5. The molecule has 0 spiro atoms. The third-order valence-electron chi connectivity index (χ3n) is 4.81. The van der Waals surface area contributed by atoms with Gasteiger partial charge in [0.05, 0.1) is 20.3 Å². The Labute approximate surface area is 169 Å². The highest BCUT2D eigenvalue weighted by atomic mass is 16.5. The number of nitrogens with zero attached hydrogens (tertiary/aromatic N) is 1. The number of amides is 3. The zero-order chi connectivity index (χ0) is 20.8. The summed E-state index contributed by atoms with van der Waals surface area (Å²) in [5.74, 6) is 0.914. The monoisotopic (exact) mass is 399 g/mol. The average Bonchev–Trinajstić information content (AvgIpc) is 3.14. The van der Waals surface area contributed by atoms with E-state index in [1.807, 2.05) is 6.07 Å². The Bertz CT molecular complexity index is 859. The third kappa shape index (κ3) is 4.97. The number of β-amino-alcohol motifs (C(OH)–C–C–N with tert-alkyl or cyclic N) is 1. The van der Waals surface area contributed by atoms with Crippen LogP contribution in [0.5, 0.6) is 11.5 Å². The number of aliphatic hydroxyl groups is 1. The SMILES string of the molecule is COc1ccc(CNC(=O)[C@H]2C[C@H](O)CN2C(=O)Nc2ccccc2)c(OC)c1. The van der Waals surface area contributed by atoms with Gasteiger partial charge in [0, 0.05) is 36.8 Å². The molecule has 0 aromatic heterocycles. The molecule has 2 atom stereocenters. The zero-order valence-corrected chi connectivity index (χ0v) is 16.4. The van der Waals surface area contributed by atoms with Crippen LogP contribution in [0.25, 0.3) is 0 Å². The molecule has 2 aromatic carbocycles. The van der Waals surface area contributed by atoms with E-state index in [4.69, 9.17) is 9.47 Å². The Balaban J connectivity index is 1.65. The summed E-state index contributed by atoms with van der Waals surface area (Å²) in [7, 11) is 3.11. The molecule has 154 valence electrons. The van der Waals surface area contributed by atoms with Gasteiger partial charge in [-0.2, -0.15) is 0 Å². The van der Waals surface area contributed by atoms with Crippen LogP contribution >= 0.6 is 0 Å². The van der Waals surface area contributed by atoms with Crippen molar-refractivity contribution < 1.29 is 24.2 Å². The molecule has 0 radical (unpaired) electrons. The van der Waals surface area contributed by atoms with Crippen molar-refractivity contribution in [1.82, 2.24) is 10.2 Å². The number of ether oxygens (including phenoxy) is 2. The standard InChI is InChI=1S/C21H25N3O5/c1-28-17-9-8-14(19(11-17)29-2)12-22-20(26)18-10-16(25)13-24(18)21(27)23-15-6-4-3-5-7-15/h3-9,11,16,18,25H,10,12-13H2,1-2H3,(H,22,26)(H,23,27)/t16-,18+/m0/s1. The molecule has 1 aliphatic rings. The first kappa shape index (κ1) is 20.5. The van der Waals surface area contributed by atoms with Crippen molar-refractivity contribution in [3.63, 3.8) is 0 Å². The van der Waals surface area contributed by atoms with Crippen LogP contribution in [0.3, 0.4) is 0 Å². The molecule has 1 saturated heterocycles. The lowest BCUT2D eigenvalue weighted by Gasteiger charge is -2.24. The number of carbonyl (C=O) groups excluding carboxylic acids is 2. The lowest BCUT2D eigenvalue weighted by Crippen LogP contribution is -2.47. The molecule has 0 aliphatic carbocycles. The minimum atomic E-state index is -0.752. The molecule has 8 heteroatoms. The molecule has 8 nitrogen and oxygen atoms in total. The second-order valence-corrected chi connectivity index (χ2v) is 6.75. The van der Waals surface area contributed by atoms with Gasteiger partial charge >= 0.3 is 6.03 Å². The van der Waals surface area contributed by atoms with Gasteiger partial charge in [-0.3, -0.25) is 4.79 Å². The molecule has 3 amide bonds. The van der Waals surface area contributed by atoms with Crippen molar-refractivity contribution in [2.75, 3.05) is 26.1 Å². The fourth-order valence-corrected chi connectivity index (χ4v) is 3.30. The van der Waals surface area contributed by atoms with Gasteiger partial charge in [0.1, 0.15) is 17.5 Å². The largest absolute Gasteiger partial charge is 0.497 e. The van der Waals surface area contributed by atoms with Crippen molar-refractivity contribution in [3.8, 4) is 11.5 Å². The van der Waals surface area contributed by atoms with E-state index in [1.54, 1.807) is 56.7 Å². The number of para-hydroxylation sites is 1. The number of hydrogen-bond donors (Lipinski definition) is 3. The normalized spacial score (nSPS) is 18.2. The molecule has 1 aliphatic heterocycles. The summed E-state index contributed by atoms with van der Waals surface area (Å²) in [5, 5.41) is 15.6. The molecule has 3 N–H and O–H groups in total. The van der Waals surface area contributed by atoms with Crippen LogP contribution < -0.4 is 20.1 Å². The lowest BCUT2D eigenvalue weighted by molar-refractivity contribution is -0.124.